The van der Waals surface area contributed by atoms with Gasteiger partial charge < -0.3 is 18.9 Å². The Hall–Kier alpha value is -5.26. The van der Waals surface area contributed by atoms with E-state index in [2.05, 4.69) is 25.6 Å². The SMILES string of the molecule is CCOc1nc2cccc(C(=O)O[C@@H](C)OC(=O)OC3CCCCC3)c2n1Cc1ccc(-c2ccccc2-c2nn[nH]n2)cc1. The van der Waals surface area contributed by atoms with Crippen LogP contribution in [0.1, 0.15) is 61.9 Å². The normalized spacial score (nSPS) is 14.2. The number of hydrogen-bond donors (Lipinski definition) is 1. The molecule has 0 amide bonds. The molecule has 5 aromatic rings. The van der Waals surface area contributed by atoms with Crippen LogP contribution in [0.5, 0.6) is 6.01 Å². The molecule has 232 valence electrons. The maximum absolute atomic E-state index is 13.4. The molecule has 1 N–H and O–H groups in total. The van der Waals surface area contributed by atoms with Crippen molar-refractivity contribution in [2.45, 2.75) is 64.9 Å². The summed E-state index contributed by atoms with van der Waals surface area (Å²) < 4.78 is 23.9. The Morgan fingerprint density at radius 2 is 1.73 bits per heavy atom. The summed E-state index contributed by atoms with van der Waals surface area (Å²) in [7, 11) is 0. The van der Waals surface area contributed by atoms with Crippen LogP contribution in [0.2, 0.25) is 0 Å². The lowest BCUT2D eigenvalue weighted by molar-refractivity contribution is -0.0914. The van der Waals surface area contributed by atoms with E-state index in [1.54, 1.807) is 12.1 Å². The molecule has 45 heavy (non-hydrogen) atoms. The lowest BCUT2D eigenvalue weighted by Gasteiger charge is -2.22. The van der Waals surface area contributed by atoms with Crippen LogP contribution in [0.3, 0.4) is 0 Å². The fourth-order valence-electron chi connectivity index (χ4n) is 5.61. The number of fused-ring (bicyclic) bond motifs is 1. The van der Waals surface area contributed by atoms with Crippen molar-refractivity contribution in [2.24, 2.45) is 0 Å². The Bertz CT molecular complexity index is 1760. The van der Waals surface area contributed by atoms with Gasteiger partial charge in [-0.15, -0.1) is 10.2 Å². The van der Waals surface area contributed by atoms with E-state index < -0.39 is 18.4 Å². The Balaban J connectivity index is 1.22. The summed E-state index contributed by atoms with van der Waals surface area (Å²) >= 11 is 0. The number of aromatic nitrogens is 6. The predicted octanol–water partition coefficient (Wildman–Crippen LogP) is 6.32. The Morgan fingerprint density at radius 1 is 0.956 bits per heavy atom. The number of para-hydroxylation sites is 1. The van der Waals surface area contributed by atoms with E-state index >= 15 is 0 Å². The van der Waals surface area contributed by atoms with E-state index in [9.17, 15) is 9.59 Å². The summed E-state index contributed by atoms with van der Waals surface area (Å²) in [4.78, 5) is 30.3. The number of ether oxygens (including phenoxy) is 4. The van der Waals surface area contributed by atoms with Gasteiger partial charge in [0.2, 0.25) is 12.1 Å². The van der Waals surface area contributed by atoms with E-state index in [1.165, 1.54) is 6.92 Å². The molecule has 12 nitrogen and oxygen atoms in total. The van der Waals surface area contributed by atoms with Gasteiger partial charge in [0.05, 0.1) is 29.7 Å². The molecule has 1 saturated carbocycles. The number of carbonyl (C=O) groups excluding carboxylic acids is 2. The van der Waals surface area contributed by atoms with Gasteiger partial charge in [-0.2, -0.15) is 10.2 Å². The molecule has 2 aromatic heterocycles. The number of aromatic amines is 1. The van der Waals surface area contributed by atoms with Crippen LogP contribution in [-0.4, -0.2) is 61.3 Å². The average molecular weight is 611 g/mol. The van der Waals surface area contributed by atoms with Crippen molar-refractivity contribution in [2.75, 3.05) is 6.61 Å². The van der Waals surface area contributed by atoms with Gasteiger partial charge in [-0.3, -0.25) is 4.57 Å². The van der Waals surface area contributed by atoms with Crippen LogP contribution in [0.15, 0.2) is 66.7 Å². The van der Waals surface area contributed by atoms with Crippen molar-refractivity contribution in [3.63, 3.8) is 0 Å². The van der Waals surface area contributed by atoms with E-state index in [1.807, 2.05) is 66.1 Å². The minimum Gasteiger partial charge on any atom is -0.465 e. The summed E-state index contributed by atoms with van der Waals surface area (Å²) in [5.41, 5.74) is 5.17. The van der Waals surface area contributed by atoms with Gasteiger partial charge in [0.15, 0.2) is 0 Å². The standard InChI is InChI=1S/C33H34N6O6/c1-3-42-32-34-28-15-9-14-27(31(40)43-21(2)44-33(41)45-24-10-5-4-6-11-24)29(28)39(32)20-22-16-18-23(19-17-22)25-12-7-8-13-26(25)30-35-37-38-36-30/h7-9,12-19,21,24H,3-6,10-11,20H2,1-2H3,(H,35,36,37,38)/t21-/m1/s1. The van der Waals surface area contributed by atoms with E-state index in [4.69, 9.17) is 18.9 Å². The van der Waals surface area contributed by atoms with Crippen LogP contribution in [-0.2, 0) is 20.8 Å². The molecule has 6 rings (SSSR count). The monoisotopic (exact) mass is 610 g/mol. The number of nitrogens with one attached hydrogen (secondary N) is 1. The number of rotatable bonds is 10. The van der Waals surface area contributed by atoms with Gasteiger partial charge in [-0.1, -0.05) is 61.0 Å². The first-order valence-corrected chi connectivity index (χ1v) is 15.1. The lowest BCUT2D eigenvalue weighted by atomic mass is 9.98. The second-order valence-electron chi connectivity index (χ2n) is 10.8. The van der Waals surface area contributed by atoms with Gasteiger partial charge in [-0.05, 0) is 66.6 Å². The van der Waals surface area contributed by atoms with Crippen LogP contribution in [0.4, 0.5) is 4.79 Å². The molecule has 1 aliphatic rings. The van der Waals surface area contributed by atoms with Gasteiger partial charge in [0.25, 0.3) is 6.01 Å². The molecule has 0 aliphatic heterocycles. The maximum atomic E-state index is 13.4. The third-order valence-electron chi connectivity index (χ3n) is 7.69. The summed E-state index contributed by atoms with van der Waals surface area (Å²) in [6.45, 7) is 4.13. The molecule has 0 saturated heterocycles. The highest BCUT2D eigenvalue weighted by molar-refractivity contribution is 6.02. The highest BCUT2D eigenvalue weighted by Crippen LogP contribution is 2.31. The number of H-pyrrole nitrogens is 1. The van der Waals surface area contributed by atoms with Crippen LogP contribution in [0.25, 0.3) is 33.5 Å². The number of nitrogens with zero attached hydrogens (tertiary/aromatic N) is 5. The van der Waals surface area contributed by atoms with Crippen molar-refractivity contribution >= 4 is 23.2 Å². The number of carbonyl (C=O) groups is 2. The zero-order valence-corrected chi connectivity index (χ0v) is 25.1. The third kappa shape index (κ3) is 6.79. The number of imidazole rings is 1. The van der Waals surface area contributed by atoms with Gasteiger partial charge in [0, 0.05) is 12.5 Å². The molecular formula is C33H34N6O6. The van der Waals surface area contributed by atoms with Crippen LogP contribution < -0.4 is 4.74 Å². The minimum atomic E-state index is -1.14. The van der Waals surface area contributed by atoms with Crippen molar-refractivity contribution < 1.29 is 28.5 Å². The van der Waals surface area contributed by atoms with Crippen LogP contribution >= 0.6 is 0 Å². The van der Waals surface area contributed by atoms with E-state index in [0.717, 1.165) is 54.4 Å². The topological polar surface area (TPSA) is 143 Å². The number of hydrogen-bond acceptors (Lipinski definition) is 10. The highest BCUT2D eigenvalue weighted by Gasteiger charge is 2.25. The first-order valence-electron chi connectivity index (χ1n) is 15.1. The van der Waals surface area contributed by atoms with Gasteiger partial charge in [-0.25, -0.2) is 9.59 Å². The zero-order chi connectivity index (χ0) is 31.2. The molecule has 3 aromatic carbocycles. The highest BCUT2D eigenvalue weighted by atomic mass is 16.8. The van der Waals surface area contributed by atoms with E-state index in [0.29, 0.717) is 36.0 Å². The maximum Gasteiger partial charge on any atom is 0.511 e. The number of esters is 1. The summed E-state index contributed by atoms with van der Waals surface area (Å²) in [5.74, 6) is -0.141. The zero-order valence-electron chi connectivity index (χ0n) is 25.1. The Kier molecular flexibility index (Phi) is 8.99. The van der Waals surface area contributed by atoms with Crippen molar-refractivity contribution in [3.05, 3.63) is 77.9 Å². The summed E-state index contributed by atoms with van der Waals surface area (Å²) in [5, 5.41) is 14.5. The summed E-state index contributed by atoms with van der Waals surface area (Å²) in [6, 6.07) is 21.5. The Morgan fingerprint density at radius 3 is 2.47 bits per heavy atom. The molecule has 2 heterocycles. The average Bonchev–Trinajstić information content (AvgIpc) is 3.71. The lowest BCUT2D eigenvalue weighted by Crippen LogP contribution is -2.26. The van der Waals surface area contributed by atoms with Crippen molar-refractivity contribution in [1.82, 2.24) is 30.2 Å². The molecule has 0 spiro atoms. The van der Waals surface area contributed by atoms with E-state index in [-0.39, 0.29) is 11.7 Å². The fraction of sp³-hybridized carbons (Fsp3) is 0.333. The summed E-state index contributed by atoms with van der Waals surface area (Å²) in [6.07, 6.45) is 2.65. The second-order valence-corrected chi connectivity index (χ2v) is 10.8. The minimum absolute atomic E-state index is 0.163. The van der Waals surface area contributed by atoms with Crippen LogP contribution in [0, 0.1) is 0 Å². The molecule has 0 unspecified atom stereocenters. The Labute approximate surface area is 259 Å². The predicted molar refractivity (Wildman–Crippen MR) is 164 cm³/mol. The van der Waals surface area contributed by atoms with Gasteiger partial charge >= 0.3 is 12.1 Å². The smallest absolute Gasteiger partial charge is 0.465 e. The largest absolute Gasteiger partial charge is 0.511 e. The number of benzene rings is 3. The second kappa shape index (κ2) is 13.6. The molecule has 1 atom stereocenters. The van der Waals surface area contributed by atoms with Crippen molar-refractivity contribution in [1.29, 1.82) is 0 Å². The number of tetrazole rings is 1. The molecular weight excluding hydrogens is 576 g/mol. The first-order chi connectivity index (χ1) is 22.0. The third-order valence-corrected chi connectivity index (χ3v) is 7.69. The quantitative estimate of drug-likeness (QED) is 0.141. The molecule has 0 radical (unpaired) electrons. The van der Waals surface area contributed by atoms with Crippen molar-refractivity contribution in [3.8, 4) is 28.5 Å². The molecule has 1 aliphatic carbocycles. The van der Waals surface area contributed by atoms with Gasteiger partial charge in [0.1, 0.15) is 6.10 Å². The fourth-order valence-corrected chi connectivity index (χ4v) is 5.61. The first kappa shape index (κ1) is 29.8. The molecule has 12 heteroatoms. The molecule has 1 fully saturated rings. The molecule has 0 bridgehead atoms.